The normalized spacial score (nSPS) is 11.8. The molecular formula is C13H15BrClN3S. The molecule has 3 nitrogen and oxygen atoms in total. The van der Waals surface area contributed by atoms with Gasteiger partial charge in [0.05, 0.1) is 6.54 Å². The maximum Gasteiger partial charge on any atom is 0.147 e. The van der Waals surface area contributed by atoms with Gasteiger partial charge >= 0.3 is 0 Å². The van der Waals surface area contributed by atoms with Crippen LogP contribution in [0.3, 0.4) is 0 Å². The molecule has 1 N–H and O–H groups in total. The highest BCUT2D eigenvalue weighted by Crippen LogP contribution is 2.29. The van der Waals surface area contributed by atoms with Gasteiger partial charge in [-0.25, -0.2) is 0 Å². The van der Waals surface area contributed by atoms with Crippen molar-refractivity contribution in [2.24, 2.45) is 0 Å². The van der Waals surface area contributed by atoms with Crippen molar-refractivity contribution in [3.05, 3.63) is 32.7 Å². The van der Waals surface area contributed by atoms with Gasteiger partial charge in [0.15, 0.2) is 0 Å². The second-order valence-electron chi connectivity index (χ2n) is 5.26. The molecule has 2 rings (SSSR count). The second kappa shape index (κ2) is 5.87. The number of aromatic nitrogens is 2. The van der Waals surface area contributed by atoms with E-state index in [4.69, 9.17) is 11.6 Å². The number of rotatable bonds is 3. The Morgan fingerprint density at radius 3 is 2.63 bits per heavy atom. The van der Waals surface area contributed by atoms with Gasteiger partial charge in [0, 0.05) is 20.6 Å². The van der Waals surface area contributed by atoms with Crippen LogP contribution in [0.25, 0.3) is 10.6 Å². The molecule has 0 aliphatic rings. The van der Waals surface area contributed by atoms with E-state index >= 15 is 0 Å². The van der Waals surface area contributed by atoms with Gasteiger partial charge in [-0.1, -0.05) is 38.9 Å². The lowest BCUT2D eigenvalue weighted by atomic mass is 10.1. The Balaban J connectivity index is 2.16. The summed E-state index contributed by atoms with van der Waals surface area (Å²) in [7, 11) is 0. The van der Waals surface area contributed by atoms with E-state index in [1.54, 1.807) is 11.3 Å². The molecule has 6 heteroatoms. The highest BCUT2D eigenvalue weighted by Gasteiger charge is 2.12. The molecule has 19 heavy (non-hydrogen) atoms. The number of hydrogen-bond donors (Lipinski definition) is 1. The molecule has 0 aliphatic heterocycles. The number of nitrogens with one attached hydrogen (secondary N) is 1. The van der Waals surface area contributed by atoms with Crippen molar-refractivity contribution in [3.63, 3.8) is 0 Å². The summed E-state index contributed by atoms with van der Waals surface area (Å²) in [6, 6.07) is 5.75. The van der Waals surface area contributed by atoms with Gasteiger partial charge in [0.2, 0.25) is 0 Å². The summed E-state index contributed by atoms with van der Waals surface area (Å²) in [6.07, 6.45) is 0. The lowest BCUT2D eigenvalue weighted by molar-refractivity contribution is 0.423. The fourth-order valence-electron chi connectivity index (χ4n) is 1.46. The van der Waals surface area contributed by atoms with Crippen LogP contribution < -0.4 is 5.32 Å². The Kier molecular flexibility index (Phi) is 4.61. The fourth-order valence-corrected chi connectivity index (χ4v) is 3.09. The Morgan fingerprint density at radius 1 is 1.26 bits per heavy atom. The monoisotopic (exact) mass is 359 g/mol. The first kappa shape index (κ1) is 14.9. The highest BCUT2D eigenvalue weighted by molar-refractivity contribution is 9.10. The van der Waals surface area contributed by atoms with E-state index in [1.165, 1.54) is 0 Å². The SMILES string of the molecule is CC(C)(C)NCc1nnc(-c2cc(Cl)cc(Br)c2)s1. The summed E-state index contributed by atoms with van der Waals surface area (Å²) in [6.45, 7) is 7.11. The number of halogens is 2. The molecular weight excluding hydrogens is 346 g/mol. The quantitative estimate of drug-likeness (QED) is 0.875. The maximum absolute atomic E-state index is 6.04. The van der Waals surface area contributed by atoms with E-state index < -0.39 is 0 Å². The molecule has 0 aliphatic carbocycles. The minimum absolute atomic E-state index is 0.0743. The van der Waals surface area contributed by atoms with E-state index in [0.717, 1.165) is 26.6 Å². The first-order valence-electron chi connectivity index (χ1n) is 5.87. The van der Waals surface area contributed by atoms with Crippen molar-refractivity contribution in [3.8, 4) is 10.6 Å². The Morgan fingerprint density at radius 2 is 2.00 bits per heavy atom. The minimum atomic E-state index is 0.0743. The summed E-state index contributed by atoms with van der Waals surface area (Å²) < 4.78 is 0.944. The zero-order chi connectivity index (χ0) is 14.0. The molecule has 0 fully saturated rings. The number of benzene rings is 1. The molecule has 0 spiro atoms. The second-order valence-corrected chi connectivity index (χ2v) is 7.68. The summed E-state index contributed by atoms with van der Waals surface area (Å²) in [5.41, 5.74) is 1.06. The van der Waals surface area contributed by atoms with E-state index in [2.05, 4.69) is 52.2 Å². The molecule has 1 heterocycles. The Labute approximate surface area is 130 Å². The molecule has 0 amide bonds. The largest absolute Gasteiger partial charge is 0.306 e. The van der Waals surface area contributed by atoms with Gasteiger partial charge in [0.25, 0.3) is 0 Å². The van der Waals surface area contributed by atoms with Gasteiger partial charge in [-0.05, 0) is 39.0 Å². The van der Waals surface area contributed by atoms with Crippen LogP contribution in [-0.2, 0) is 6.54 Å². The van der Waals surface area contributed by atoms with Crippen molar-refractivity contribution < 1.29 is 0 Å². The van der Waals surface area contributed by atoms with E-state index in [9.17, 15) is 0 Å². The zero-order valence-electron chi connectivity index (χ0n) is 11.0. The fraction of sp³-hybridized carbons (Fsp3) is 0.385. The third kappa shape index (κ3) is 4.53. The lowest BCUT2D eigenvalue weighted by Gasteiger charge is -2.19. The average Bonchev–Trinajstić information content (AvgIpc) is 2.72. The lowest BCUT2D eigenvalue weighted by Crippen LogP contribution is -2.35. The Hall–Kier alpha value is -0.490. The van der Waals surface area contributed by atoms with Gasteiger partial charge in [0.1, 0.15) is 10.0 Å². The van der Waals surface area contributed by atoms with Crippen LogP contribution in [0.5, 0.6) is 0 Å². The molecule has 102 valence electrons. The molecule has 0 radical (unpaired) electrons. The summed E-state index contributed by atoms with van der Waals surface area (Å²) in [5.74, 6) is 0. The van der Waals surface area contributed by atoms with Gasteiger partial charge in [-0.3, -0.25) is 0 Å². The minimum Gasteiger partial charge on any atom is -0.306 e. The van der Waals surface area contributed by atoms with Crippen molar-refractivity contribution in [2.45, 2.75) is 32.9 Å². The van der Waals surface area contributed by atoms with Crippen LogP contribution in [0.15, 0.2) is 22.7 Å². The smallest absolute Gasteiger partial charge is 0.147 e. The maximum atomic E-state index is 6.04. The number of nitrogens with zero attached hydrogens (tertiary/aromatic N) is 2. The molecule has 0 saturated heterocycles. The van der Waals surface area contributed by atoms with E-state index in [-0.39, 0.29) is 5.54 Å². The van der Waals surface area contributed by atoms with Crippen LogP contribution in [0, 0.1) is 0 Å². The molecule has 0 unspecified atom stereocenters. The molecule has 0 saturated carbocycles. The topological polar surface area (TPSA) is 37.8 Å². The van der Waals surface area contributed by atoms with Gasteiger partial charge in [-0.15, -0.1) is 10.2 Å². The third-order valence-electron chi connectivity index (χ3n) is 2.35. The van der Waals surface area contributed by atoms with Crippen molar-refractivity contribution in [1.29, 1.82) is 0 Å². The van der Waals surface area contributed by atoms with Crippen molar-refractivity contribution in [2.75, 3.05) is 0 Å². The molecule has 2 aromatic rings. The van der Waals surface area contributed by atoms with Gasteiger partial charge in [-0.2, -0.15) is 0 Å². The Bertz CT molecular complexity index is 557. The first-order chi connectivity index (χ1) is 8.83. The predicted molar refractivity (Wildman–Crippen MR) is 84.6 cm³/mol. The summed E-state index contributed by atoms with van der Waals surface area (Å²) in [4.78, 5) is 0. The first-order valence-corrected chi connectivity index (χ1v) is 7.86. The van der Waals surface area contributed by atoms with Crippen LogP contribution in [0.2, 0.25) is 5.02 Å². The van der Waals surface area contributed by atoms with Crippen molar-refractivity contribution >= 4 is 38.9 Å². The van der Waals surface area contributed by atoms with Crippen LogP contribution in [0.4, 0.5) is 0 Å². The van der Waals surface area contributed by atoms with Gasteiger partial charge < -0.3 is 5.32 Å². The number of hydrogen-bond acceptors (Lipinski definition) is 4. The summed E-state index contributed by atoms with van der Waals surface area (Å²) in [5, 5.41) is 14.4. The predicted octanol–water partition coefficient (Wildman–Crippen LogP) is 4.51. The average molecular weight is 361 g/mol. The molecule has 0 atom stereocenters. The molecule has 0 bridgehead atoms. The molecule has 1 aromatic heterocycles. The zero-order valence-corrected chi connectivity index (χ0v) is 14.2. The van der Waals surface area contributed by atoms with Crippen LogP contribution >= 0.6 is 38.9 Å². The third-order valence-corrected chi connectivity index (χ3v) is 3.99. The molecule has 1 aromatic carbocycles. The standard InChI is InChI=1S/C13H15BrClN3S/c1-13(2,3)16-7-11-17-18-12(19-11)8-4-9(14)6-10(15)5-8/h4-6,16H,7H2,1-3H3. The van der Waals surface area contributed by atoms with Crippen molar-refractivity contribution in [1.82, 2.24) is 15.5 Å². The van der Waals surface area contributed by atoms with Crippen LogP contribution in [-0.4, -0.2) is 15.7 Å². The summed E-state index contributed by atoms with van der Waals surface area (Å²) >= 11 is 11.1. The van der Waals surface area contributed by atoms with E-state index in [1.807, 2.05) is 18.2 Å². The highest BCUT2D eigenvalue weighted by atomic mass is 79.9. The van der Waals surface area contributed by atoms with Crippen LogP contribution in [0.1, 0.15) is 25.8 Å². The van der Waals surface area contributed by atoms with E-state index in [0.29, 0.717) is 5.02 Å².